The van der Waals surface area contributed by atoms with E-state index in [1.807, 2.05) is 18.2 Å². The molecule has 0 amide bonds. The fraction of sp³-hybridized carbons (Fsp3) is 0.235. The Morgan fingerprint density at radius 1 is 1.25 bits per heavy atom. The molecule has 2 aromatic rings. The Bertz CT molecular complexity index is 702. The molecular weight excluding hydrogens is 334 g/mol. The molecule has 0 N–H and O–H groups in total. The predicted octanol–water partition coefficient (Wildman–Crippen LogP) is 5.36. The molecule has 2 unspecified atom stereocenters. The van der Waals surface area contributed by atoms with E-state index in [1.54, 1.807) is 0 Å². The fourth-order valence-corrected chi connectivity index (χ4v) is 3.59. The maximum Gasteiger partial charge on any atom is 0.0898 e. The Balaban J connectivity index is 1.99. The van der Waals surface area contributed by atoms with Gasteiger partial charge in [-0.05, 0) is 36.6 Å². The van der Waals surface area contributed by atoms with Crippen molar-refractivity contribution < 1.29 is 0 Å². The van der Waals surface area contributed by atoms with Gasteiger partial charge in [0.05, 0.1) is 11.5 Å². The van der Waals surface area contributed by atoms with Crippen molar-refractivity contribution >= 4 is 27.5 Å². The summed E-state index contributed by atoms with van der Waals surface area (Å²) >= 11 is 9.74. The summed E-state index contributed by atoms with van der Waals surface area (Å²) in [5.41, 5.74) is 2.96. The molecule has 1 aliphatic rings. The number of hydrogen-bond donors (Lipinski definition) is 0. The molecule has 2 aromatic carbocycles. The second kappa shape index (κ2) is 4.91. The topological polar surface area (TPSA) is 23.8 Å². The Labute approximate surface area is 132 Å². The average Bonchev–Trinajstić information content (AvgIpc) is 3.15. The van der Waals surface area contributed by atoms with Gasteiger partial charge >= 0.3 is 0 Å². The van der Waals surface area contributed by atoms with E-state index in [4.69, 9.17) is 11.6 Å². The first kappa shape index (κ1) is 13.7. The van der Waals surface area contributed by atoms with Crippen LogP contribution in [0, 0.1) is 18.3 Å². The van der Waals surface area contributed by atoms with E-state index in [9.17, 15) is 5.26 Å². The number of nitriles is 1. The molecule has 3 heteroatoms. The van der Waals surface area contributed by atoms with Crippen molar-refractivity contribution in [2.75, 3.05) is 0 Å². The zero-order valence-corrected chi connectivity index (χ0v) is 13.4. The maximum atomic E-state index is 9.65. The normalized spacial score (nSPS) is 24.2. The van der Waals surface area contributed by atoms with Crippen LogP contribution in [0.4, 0.5) is 0 Å². The van der Waals surface area contributed by atoms with E-state index in [-0.39, 0.29) is 5.92 Å². The van der Waals surface area contributed by atoms with E-state index >= 15 is 0 Å². The third-order valence-electron chi connectivity index (χ3n) is 4.06. The molecule has 2 atom stereocenters. The molecule has 1 aliphatic carbocycles. The molecule has 1 fully saturated rings. The quantitative estimate of drug-likeness (QED) is 0.718. The number of rotatable bonds is 2. The standard InChI is InChI=1S/C17H13BrClN/c1-11-2-4-12(5-3-11)17(10-20)9-15(17)14-7-6-13(18)8-16(14)19/h2-8,15H,9H2,1H3. The van der Waals surface area contributed by atoms with Crippen LogP contribution in [0.25, 0.3) is 0 Å². The lowest BCUT2D eigenvalue weighted by molar-refractivity contribution is 0.855. The van der Waals surface area contributed by atoms with Crippen LogP contribution in [0.15, 0.2) is 46.9 Å². The summed E-state index contributed by atoms with van der Waals surface area (Å²) in [6.07, 6.45) is 0.841. The highest BCUT2D eigenvalue weighted by atomic mass is 79.9. The van der Waals surface area contributed by atoms with Crippen LogP contribution in [0.2, 0.25) is 5.02 Å². The van der Waals surface area contributed by atoms with Gasteiger partial charge in [-0.1, -0.05) is 63.4 Å². The highest BCUT2D eigenvalue weighted by Gasteiger charge is 2.57. The fourth-order valence-electron chi connectivity index (χ4n) is 2.78. The minimum atomic E-state index is -0.412. The lowest BCUT2D eigenvalue weighted by atomic mass is 9.91. The number of nitrogens with zero attached hydrogens (tertiary/aromatic N) is 1. The van der Waals surface area contributed by atoms with Gasteiger partial charge < -0.3 is 0 Å². The van der Waals surface area contributed by atoms with Crippen molar-refractivity contribution in [3.05, 3.63) is 68.7 Å². The summed E-state index contributed by atoms with van der Waals surface area (Å²) in [4.78, 5) is 0. The van der Waals surface area contributed by atoms with Crippen LogP contribution in [0.3, 0.4) is 0 Å². The van der Waals surface area contributed by atoms with Crippen LogP contribution < -0.4 is 0 Å². The number of hydrogen-bond acceptors (Lipinski definition) is 1. The van der Waals surface area contributed by atoms with Crippen molar-refractivity contribution in [2.24, 2.45) is 0 Å². The van der Waals surface area contributed by atoms with Crippen molar-refractivity contribution in [1.29, 1.82) is 5.26 Å². The molecule has 20 heavy (non-hydrogen) atoms. The molecule has 0 heterocycles. The Morgan fingerprint density at radius 3 is 2.55 bits per heavy atom. The molecule has 0 radical (unpaired) electrons. The van der Waals surface area contributed by atoms with E-state index in [1.165, 1.54) is 5.56 Å². The van der Waals surface area contributed by atoms with Gasteiger partial charge in [0.2, 0.25) is 0 Å². The Hall–Kier alpha value is -1.30. The molecule has 1 saturated carbocycles. The third kappa shape index (κ3) is 2.16. The third-order valence-corrected chi connectivity index (χ3v) is 4.89. The first-order valence-corrected chi connectivity index (χ1v) is 7.67. The lowest BCUT2D eigenvalue weighted by Crippen LogP contribution is -2.06. The van der Waals surface area contributed by atoms with Crippen LogP contribution >= 0.6 is 27.5 Å². The van der Waals surface area contributed by atoms with Gasteiger partial charge in [0.25, 0.3) is 0 Å². The van der Waals surface area contributed by atoms with Gasteiger partial charge in [0, 0.05) is 15.4 Å². The van der Waals surface area contributed by atoms with Gasteiger partial charge in [-0.2, -0.15) is 5.26 Å². The Morgan fingerprint density at radius 2 is 1.95 bits per heavy atom. The van der Waals surface area contributed by atoms with Crippen LogP contribution in [-0.2, 0) is 5.41 Å². The van der Waals surface area contributed by atoms with E-state index in [0.29, 0.717) is 0 Å². The van der Waals surface area contributed by atoms with E-state index in [2.05, 4.69) is 53.2 Å². The SMILES string of the molecule is Cc1ccc(C2(C#N)CC2c2ccc(Br)cc2Cl)cc1. The van der Waals surface area contributed by atoms with E-state index in [0.717, 1.165) is 27.0 Å². The van der Waals surface area contributed by atoms with Gasteiger partial charge in [-0.15, -0.1) is 0 Å². The summed E-state index contributed by atoms with van der Waals surface area (Å²) in [5.74, 6) is 0.191. The first-order chi connectivity index (χ1) is 9.56. The summed E-state index contributed by atoms with van der Waals surface area (Å²) in [6.45, 7) is 2.05. The second-order valence-corrected chi connectivity index (χ2v) is 6.69. The zero-order valence-electron chi connectivity index (χ0n) is 11.0. The number of benzene rings is 2. The van der Waals surface area contributed by atoms with Crippen LogP contribution in [-0.4, -0.2) is 0 Å². The molecule has 0 aliphatic heterocycles. The molecule has 0 saturated heterocycles. The van der Waals surface area contributed by atoms with Gasteiger partial charge in [0.1, 0.15) is 0 Å². The molecule has 0 bridgehead atoms. The zero-order chi connectivity index (χ0) is 14.3. The Kier molecular flexibility index (Phi) is 3.36. The largest absolute Gasteiger partial charge is 0.197 e. The molecule has 1 nitrogen and oxygen atoms in total. The van der Waals surface area contributed by atoms with Crippen LogP contribution in [0.5, 0.6) is 0 Å². The lowest BCUT2D eigenvalue weighted by Gasteiger charge is -2.11. The first-order valence-electron chi connectivity index (χ1n) is 6.50. The average molecular weight is 347 g/mol. The van der Waals surface area contributed by atoms with Gasteiger partial charge in [-0.3, -0.25) is 0 Å². The maximum absolute atomic E-state index is 9.65. The number of aryl methyl sites for hydroxylation is 1. The molecular formula is C17H13BrClN. The second-order valence-electron chi connectivity index (χ2n) is 5.37. The van der Waals surface area contributed by atoms with Crippen LogP contribution in [0.1, 0.15) is 29.0 Å². The van der Waals surface area contributed by atoms with Crippen molar-refractivity contribution in [2.45, 2.75) is 24.7 Å². The molecule has 0 spiro atoms. The van der Waals surface area contributed by atoms with Gasteiger partial charge in [-0.25, -0.2) is 0 Å². The highest BCUT2D eigenvalue weighted by molar-refractivity contribution is 9.10. The number of halogens is 2. The van der Waals surface area contributed by atoms with Gasteiger partial charge in [0.15, 0.2) is 0 Å². The van der Waals surface area contributed by atoms with Crippen molar-refractivity contribution in [1.82, 2.24) is 0 Å². The monoisotopic (exact) mass is 345 g/mol. The van der Waals surface area contributed by atoms with Crippen molar-refractivity contribution in [3.63, 3.8) is 0 Å². The molecule has 3 rings (SSSR count). The summed E-state index contributed by atoms with van der Waals surface area (Å²) in [5, 5.41) is 10.4. The van der Waals surface area contributed by atoms with Crippen molar-refractivity contribution in [3.8, 4) is 6.07 Å². The predicted molar refractivity (Wildman–Crippen MR) is 85.0 cm³/mol. The molecule has 0 aromatic heterocycles. The molecule has 100 valence electrons. The summed E-state index contributed by atoms with van der Waals surface area (Å²) in [7, 11) is 0. The smallest absolute Gasteiger partial charge is 0.0898 e. The summed E-state index contributed by atoms with van der Waals surface area (Å²) in [6, 6.07) is 16.7. The minimum absolute atomic E-state index is 0.191. The minimum Gasteiger partial charge on any atom is -0.197 e. The highest BCUT2D eigenvalue weighted by Crippen LogP contribution is 2.61. The van der Waals surface area contributed by atoms with E-state index < -0.39 is 5.41 Å². The summed E-state index contributed by atoms with van der Waals surface area (Å²) < 4.78 is 0.963.